The van der Waals surface area contributed by atoms with E-state index in [-0.39, 0.29) is 17.1 Å². The molecule has 2 aromatic rings. The van der Waals surface area contributed by atoms with Gasteiger partial charge in [0.2, 0.25) is 0 Å². The van der Waals surface area contributed by atoms with Crippen molar-refractivity contribution in [2.75, 3.05) is 16.4 Å². The van der Waals surface area contributed by atoms with Crippen molar-refractivity contribution < 1.29 is 14.3 Å². The van der Waals surface area contributed by atoms with Crippen molar-refractivity contribution in [3.63, 3.8) is 0 Å². The summed E-state index contributed by atoms with van der Waals surface area (Å²) in [6.07, 6.45) is -1.29. The van der Waals surface area contributed by atoms with E-state index in [2.05, 4.69) is 21.2 Å². The summed E-state index contributed by atoms with van der Waals surface area (Å²) >= 11 is 3.34. The Kier molecular flexibility index (Phi) is 4.64. The van der Waals surface area contributed by atoms with Crippen LogP contribution >= 0.6 is 15.9 Å². The number of nitrogens with one attached hydrogen (secondary N) is 2. The molecule has 0 saturated heterocycles. The molecule has 0 aliphatic rings. The Bertz CT molecular complexity index is 662. The second kappa shape index (κ2) is 6.45. The van der Waals surface area contributed by atoms with Gasteiger partial charge in [-0.05, 0) is 29.8 Å². The fourth-order valence-electron chi connectivity index (χ4n) is 1.75. The van der Waals surface area contributed by atoms with Crippen LogP contribution in [0.5, 0.6) is 0 Å². The van der Waals surface area contributed by atoms with E-state index in [1.54, 1.807) is 0 Å². The molecule has 0 aromatic heterocycles. The van der Waals surface area contributed by atoms with Gasteiger partial charge in [0.15, 0.2) is 5.82 Å². The molecule has 110 valence electrons. The van der Waals surface area contributed by atoms with E-state index < -0.39 is 11.9 Å². The van der Waals surface area contributed by atoms with Crippen molar-refractivity contribution in [1.29, 1.82) is 0 Å². The summed E-state index contributed by atoms with van der Waals surface area (Å²) in [5, 5.41) is 13.6. The van der Waals surface area contributed by atoms with Gasteiger partial charge in [0.25, 0.3) is 0 Å². The lowest BCUT2D eigenvalue weighted by Crippen LogP contribution is -2.11. The lowest BCUT2D eigenvalue weighted by Gasteiger charge is -2.12. The van der Waals surface area contributed by atoms with E-state index in [0.29, 0.717) is 6.54 Å². The second-order valence-electron chi connectivity index (χ2n) is 4.30. The maximum Gasteiger partial charge on any atom is 0.409 e. The van der Waals surface area contributed by atoms with Crippen molar-refractivity contribution in [2.45, 2.75) is 6.54 Å². The van der Waals surface area contributed by atoms with Crippen molar-refractivity contribution in [1.82, 2.24) is 0 Å². The van der Waals surface area contributed by atoms with Gasteiger partial charge in [0.05, 0.1) is 17.1 Å². The minimum absolute atomic E-state index is 0.0224. The van der Waals surface area contributed by atoms with Gasteiger partial charge < -0.3 is 16.2 Å². The maximum atomic E-state index is 14.1. The topological polar surface area (TPSA) is 87.4 Å². The van der Waals surface area contributed by atoms with Gasteiger partial charge in [-0.1, -0.05) is 28.1 Å². The summed E-state index contributed by atoms with van der Waals surface area (Å²) in [6.45, 7) is 0.426. The Balaban J connectivity index is 2.12. The SMILES string of the molecule is Nc1c(NC(=O)O)ccc(NCc2ccc(Br)cc2)c1F. The van der Waals surface area contributed by atoms with Crippen molar-refractivity contribution in [2.24, 2.45) is 0 Å². The molecule has 0 saturated carbocycles. The van der Waals surface area contributed by atoms with Gasteiger partial charge in [0, 0.05) is 11.0 Å². The highest BCUT2D eigenvalue weighted by Gasteiger charge is 2.12. The van der Waals surface area contributed by atoms with Crippen molar-refractivity contribution in [3.8, 4) is 0 Å². The number of anilines is 3. The van der Waals surface area contributed by atoms with Crippen LogP contribution in [0.3, 0.4) is 0 Å². The Hall–Kier alpha value is -2.28. The third kappa shape index (κ3) is 3.85. The molecule has 5 nitrogen and oxygen atoms in total. The first-order chi connectivity index (χ1) is 9.97. The Morgan fingerprint density at radius 1 is 1.19 bits per heavy atom. The van der Waals surface area contributed by atoms with Gasteiger partial charge in [-0.2, -0.15) is 0 Å². The Morgan fingerprint density at radius 2 is 1.81 bits per heavy atom. The van der Waals surface area contributed by atoms with Crippen molar-refractivity contribution >= 4 is 39.1 Å². The number of amides is 1. The van der Waals surface area contributed by atoms with Gasteiger partial charge in [-0.25, -0.2) is 9.18 Å². The van der Waals surface area contributed by atoms with E-state index in [0.717, 1.165) is 10.0 Å². The monoisotopic (exact) mass is 353 g/mol. The van der Waals surface area contributed by atoms with Crippen LogP contribution in [0, 0.1) is 5.82 Å². The molecule has 0 unspecified atom stereocenters. The zero-order valence-corrected chi connectivity index (χ0v) is 12.4. The van der Waals surface area contributed by atoms with Crippen LogP contribution in [0.1, 0.15) is 5.56 Å². The number of hydrogen-bond donors (Lipinski definition) is 4. The lowest BCUT2D eigenvalue weighted by atomic mass is 10.2. The summed E-state index contributed by atoms with van der Waals surface area (Å²) in [7, 11) is 0. The van der Waals surface area contributed by atoms with Crippen LogP contribution in [0.4, 0.5) is 26.2 Å². The first-order valence-electron chi connectivity index (χ1n) is 6.03. The van der Waals surface area contributed by atoms with E-state index in [9.17, 15) is 9.18 Å². The van der Waals surface area contributed by atoms with Crippen LogP contribution in [0.2, 0.25) is 0 Å². The number of hydrogen-bond acceptors (Lipinski definition) is 3. The Morgan fingerprint density at radius 3 is 2.43 bits per heavy atom. The van der Waals surface area contributed by atoms with Gasteiger partial charge in [-0.3, -0.25) is 5.32 Å². The fourth-order valence-corrected chi connectivity index (χ4v) is 2.02. The molecule has 0 radical (unpaired) electrons. The van der Waals surface area contributed by atoms with E-state index in [4.69, 9.17) is 10.8 Å². The molecule has 0 aliphatic heterocycles. The highest BCUT2D eigenvalue weighted by Crippen LogP contribution is 2.28. The zero-order valence-electron chi connectivity index (χ0n) is 10.9. The number of carboxylic acid groups (broad SMARTS) is 1. The number of benzene rings is 2. The third-order valence-corrected chi connectivity index (χ3v) is 3.35. The average Bonchev–Trinajstić information content (AvgIpc) is 2.44. The summed E-state index contributed by atoms with van der Waals surface area (Å²) in [5.41, 5.74) is 6.55. The molecule has 1 amide bonds. The molecule has 2 aromatic carbocycles. The van der Waals surface area contributed by atoms with Crippen LogP contribution in [-0.4, -0.2) is 11.2 Å². The third-order valence-electron chi connectivity index (χ3n) is 2.82. The van der Waals surface area contributed by atoms with Crippen LogP contribution < -0.4 is 16.4 Å². The van der Waals surface area contributed by atoms with E-state index in [1.165, 1.54) is 12.1 Å². The zero-order chi connectivity index (χ0) is 15.4. The molecule has 21 heavy (non-hydrogen) atoms. The Labute approximate surface area is 129 Å². The molecule has 0 heterocycles. The molecule has 0 atom stereocenters. The predicted octanol–water partition coefficient (Wildman–Crippen LogP) is 3.87. The maximum absolute atomic E-state index is 14.1. The van der Waals surface area contributed by atoms with E-state index >= 15 is 0 Å². The molecule has 7 heteroatoms. The molecule has 0 bridgehead atoms. The summed E-state index contributed by atoms with van der Waals surface area (Å²) in [6, 6.07) is 10.4. The molecule has 2 rings (SSSR count). The lowest BCUT2D eigenvalue weighted by molar-refractivity contribution is 0.210. The largest absolute Gasteiger partial charge is 0.465 e. The summed E-state index contributed by atoms with van der Waals surface area (Å²) in [4.78, 5) is 10.5. The van der Waals surface area contributed by atoms with Crippen LogP contribution in [0.25, 0.3) is 0 Å². The first-order valence-corrected chi connectivity index (χ1v) is 6.83. The van der Waals surface area contributed by atoms with Crippen LogP contribution in [0.15, 0.2) is 40.9 Å². The first kappa shape index (κ1) is 15.1. The van der Waals surface area contributed by atoms with Crippen molar-refractivity contribution in [3.05, 3.63) is 52.3 Å². The standard InChI is InChI=1S/C14H13BrFN3O2/c15-9-3-1-8(2-4-9)7-18-10-5-6-11(19-14(20)21)13(17)12(10)16/h1-6,18-19H,7,17H2,(H,20,21). The fraction of sp³-hybridized carbons (Fsp3) is 0.0714. The number of nitrogens with two attached hydrogens (primary N) is 1. The van der Waals surface area contributed by atoms with Gasteiger partial charge in [-0.15, -0.1) is 0 Å². The molecule has 0 aliphatic carbocycles. The second-order valence-corrected chi connectivity index (χ2v) is 5.21. The summed E-state index contributed by atoms with van der Waals surface area (Å²) in [5.74, 6) is -0.682. The number of halogens is 2. The average molecular weight is 354 g/mol. The molecule has 0 fully saturated rings. The van der Waals surface area contributed by atoms with Gasteiger partial charge in [0.1, 0.15) is 0 Å². The molecular weight excluding hydrogens is 341 g/mol. The normalized spacial score (nSPS) is 10.2. The highest BCUT2D eigenvalue weighted by atomic mass is 79.9. The number of nitrogen functional groups attached to an aromatic ring is 1. The minimum Gasteiger partial charge on any atom is -0.465 e. The smallest absolute Gasteiger partial charge is 0.409 e. The molecular formula is C14H13BrFN3O2. The highest BCUT2D eigenvalue weighted by molar-refractivity contribution is 9.10. The minimum atomic E-state index is -1.29. The summed E-state index contributed by atoms with van der Waals surface area (Å²) < 4.78 is 15.0. The van der Waals surface area contributed by atoms with Gasteiger partial charge >= 0.3 is 6.09 Å². The van der Waals surface area contributed by atoms with Crippen LogP contribution in [-0.2, 0) is 6.54 Å². The predicted molar refractivity (Wildman–Crippen MR) is 83.9 cm³/mol. The molecule has 0 spiro atoms. The number of rotatable bonds is 4. The molecule has 5 N–H and O–H groups in total. The number of carbonyl (C=O) groups is 1. The quantitative estimate of drug-likeness (QED) is 0.628. The van der Waals surface area contributed by atoms with E-state index in [1.807, 2.05) is 29.6 Å².